The molecule has 76 valence electrons. The van der Waals surface area contributed by atoms with Crippen LogP contribution in [0.1, 0.15) is 6.92 Å². The van der Waals surface area contributed by atoms with Crippen LogP contribution in [-0.2, 0) is 4.79 Å². The summed E-state index contributed by atoms with van der Waals surface area (Å²) in [5.41, 5.74) is 5.08. The summed E-state index contributed by atoms with van der Waals surface area (Å²) in [7, 11) is 0. The maximum atomic E-state index is 10.7. The Morgan fingerprint density at radius 3 is 2.71 bits per heavy atom. The fraction of sp³-hybridized carbons (Fsp3) is 0.375. The minimum Gasteiger partial charge on any atom is -0.368 e. The lowest BCUT2D eigenvalue weighted by atomic mass is 10.4. The lowest BCUT2D eigenvalue weighted by Gasteiger charge is -2.19. The van der Waals surface area contributed by atoms with Crippen LogP contribution in [0.15, 0.2) is 12.4 Å². The largest absolute Gasteiger partial charge is 0.368 e. The Hall–Kier alpha value is -1.36. The summed E-state index contributed by atoms with van der Waals surface area (Å²) in [6.45, 7) is 2.57. The molecule has 6 heteroatoms. The highest BCUT2D eigenvalue weighted by Gasteiger charge is 2.12. The number of carbonyl (C=O) groups is 1. The van der Waals surface area contributed by atoms with Crippen molar-refractivity contribution in [2.75, 3.05) is 18.0 Å². The first-order valence-electron chi connectivity index (χ1n) is 4.15. The van der Waals surface area contributed by atoms with Gasteiger partial charge in [-0.25, -0.2) is 9.97 Å². The number of hydrogen-bond acceptors (Lipinski definition) is 4. The van der Waals surface area contributed by atoms with Crippen LogP contribution in [0, 0.1) is 0 Å². The molecule has 0 fully saturated rings. The van der Waals surface area contributed by atoms with Gasteiger partial charge in [0.25, 0.3) is 0 Å². The number of nitrogens with zero attached hydrogens (tertiary/aromatic N) is 3. The van der Waals surface area contributed by atoms with Gasteiger partial charge in [-0.15, -0.1) is 0 Å². The molecule has 0 spiro atoms. The molecule has 0 saturated carbocycles. The summed E-state index contributed by atoms with van der Waals surface area (Å²) in [6, 6.07) is 0. The molecular formula is C8H11ClN4O. The summed E-state index contributed by atoms with van der Waals surface area (Å²) in [6.07, 6.45) is 3.01. The van der Waals surface area contributed by atoms with Crippen LogP contribution >= 0.6 is 11.6 Å². The van der Waals surface area contributed by atoms with Crippen molar-refractivity contribution in [3.8, 4) is 0 Å². The quantitative estimate of drug-likeness (QED) is 0.790. The number of amides is 1. The molecule has 1 heterocycles. The van der Waals surface area contributed by atoms with Crippen molar-refractivity contribution in [2.45, 2.75) is 6.92 Å². The number of halogens is 1. The fourth-order valence-electron chi connectivity index (χ4n) is 1.05. The molecule has 1 rings (SSSR count). The SMILES string of the molecule is CCN(CC(N)=O)c1nccnc1Cl. The number of aromatic nitrogens is 2. The highest BCUT2D eigenvalue weighted by atomic mass is 35.5. The maximum Gasteiger partial charge on any atom is 0.237 e. The van der Waals surface area contributed by atoms with E-state index in [-0.39, 0.29) is 11.7 Å². The third-order valence-electron chi connectivity index (χ3n) is 1.66. The van der Waals surface area contributed by atoms with E-state index in [1.54, 1.807) is 4.90 Å². The number of primary amides is 1. The van der Waals surface area contributed by atoms with Crippen molar-refractivity contribution in [3.63, 3.8) is 0 Å². The number of carbonyl (C=O) groups excluding carboxylic acids is 1. The van der Waals surface area contributed by atoms with Crippen LogP contribution in [-0.4, -0.2) is 29.0 Å². The van der Waals surface area contributed by atoms with Gasteiger partial charge in [0.2, 0.25) is 5.91 Å². The van der Waals surface area contributed by atoms with Crippen molar-refractivity contribution in [1.29, 1.82) is 0 Å². The Labute approximate surface area is 86.9 Å². The van der Waals surface area contributed by atoms with Crippen molar-refractivity contribution in [3.05, 3.63) is 17.5 Å². The normalized spacial score (nSPS) is 9.86. The second-order valence-electron chi connectivity index (χ2n) is 2.65. The van der Waals surface area contributed by atoms with Crippen molar-refractivity contribution < 1.29 is 4.79 Å². The molecule has 0 bridgehead atoms. The first-order chi connectivity index (χ1) is 6.65. The van der Waals surface area contributed by atoms with Crippen LogP contribution in [0.4, 0.5) is 5.82 Å². The van der Waals surface area contributed by atoms with Crippen molar-refractivity contribution >= 4 is 23.3 Å². The lowest BCUT2D eigenvalue weighted by molar-refractivity contribution is -0.116. The van der Waals surface area contributed by atoms with E-state index in [9.17, 15) is 4.79 Å². The van der Waals surface area contributed by atoms with Gasteiger partial charge in [0.15, 0.2) is 11.0 Å². The topological polar surface area (TPSA) is 72.1 Å². The zero-order valence-corrected chi connectivity index (χ0v) is 8.53. The molecule has 0 atom stereocenters. The average molecular weight is 215 g/mol. The van der Waals surface area contributed by atoms with E-state index in [0.717, 1.165) is 0 Å². The van der Waals surface area contributed by atoms with Crippen LogP contribution in [0.25, 0.3) is 0 Å². The van der Waals surface area contributed by atoms with E-state index in [1.807, 2.05) is 6.92 Å². The second kappa shape index (κ2) is 4.76. The van der Waals surface area contributed by atoms with Crippen LogP contribution in [0.3, 0.4) is 0 Å². The van der Waals surface area contributed by atoms with E-state index in [4.69, 9.17) is 17.3 Å². The smallest absolute Gasteiger partial charge is 0.237 e. The molecule has 5 nitrogen and oxygen atoms in total. The predicted molar refractivity (Wildman–Crippen MR) is 54.1 cm³/mol. The third-order valence-corrected chi connectivity index (χ3v) is 1.93. The summed E-state index contributed by atoms with van der Waals surface area (Å²) in [4.78, 5) is 20.3. The van der Waals surface area contributed by atoms with Crippen molar-refractivity contribution in [1.82, 2.24) is 9.97 Å². The number of rotatable bonds is 4. The van der Waals surface area contributed by atoms with Gasteiger partial charge in [-0.3, -0.25) is 4.79 Å². The lowest BCUT2D eigenvalue weighted by Crippen LogP contribution is -2.34. The average Bonchev–Trinajstić information content (AvgIpc) is 2.15. The van der Waals surface area contributed by atoms with Crippen LogP contribution < -0.4 is 10.6 Å². The molecule has 0 saturated heterocycles. The third kappa shape index (κ3) is 2.56. The predicted octanol–water partition coefficient (Wildman–Crippen LogP) is 0.442. The molecule has 1 aromatic heterocycles. The van der Waals surface area contributed by atoms with E-state index in [0.29, 0.717) is 12.4 Å². The van der Waals surface area contributed by atoms with Crippen molar-refractivity contribution in [2.24, 2.45) is 5.73 Å². The number of nitrogens with two attached hydrogens (primary N) is 1. The Morgan fingerprint density at radius 1 is 1.57 bits per heavy atom. The molecule has 2 N–H and O–H groups in total. The zero-order chi connectivity index (χ0) is 10.6. The van der Waals surface area contributed by atoms with Gasteiger partial charge < -0.3 is 10.6 Å². The molecule has 0 unspecified atom stereocenters. The van der Waals surface area contributed by atoms with Crippen LogP contribution in [0.5, 0.6) is 0 Å². The van der Waals surface area contributed by atoms with Gasteiger partial charge in [0.1, 0.15) is 0 Å². The van der Waals surface area contributed by atoms with Gasteiger partial charge in [-0.05, 0) is 6.92 Å². The molecule has 1 amide bonds. The number of anilines is 1. The van der Waals surface area contributed by atoms with Gasteiger partial charge in [-0.2, -0.15) is 0 Å². The Morgan fingerprint density at radius 2 is 2.21 bits per heavy atom. The highest BCUT2D eigenvalue weighted by molar-refractivity contribution is 6.31. The van der Waals surface area contributed by atoms with E-state index < -0.39 is 5.91 Å². The van der Waals surface area contributed by atoms with Gasteiger partial charge >= 0.3 is 0 Å². The zero-order valence-electron chi connectivity index (χ0n) is 7.77. The molecule has 0 aromatic carbocycles. The van der Waals surface area contributed by atoms with E-state index in [2.05, 4.69) is 9.97 Å². The molecule has 14 heavy (non-hydrogen) atoms. The first kappa shape index (κ1) is 10.7. The van der Waals surface area contributed by atoms with Crippen LogP contribution in [0.2, 0.25) is 5.15 Å². The Bertz CT molecular complexity index is 331. The van der Waals surface area contributed by atoms with E-state index in [1.165, 1.54) is 12.4 Å². The Balaban J connectivity index is 2.89. The molecule has 1 aromatic rings. The summed E-state index contributed by atoms with van der Waals surface area (Å²) in [5, 5.41) is 0.274. The fourth-order valence-corrected chi connectivity index (χ4v) is 1.28. The second-order valence-corrected chi connectivity index (χ2v) is 3.01. The highest BCUT2D eigenvalue weighted by Crippen LogP contribution is 2.18. The first-order valence-corrected chi connectivity index (χ1v) is 4.52. The molecule has 0 radical (unpaired) electrons. The molecular weight excluding hydrogens is 204 g/mol. The summed E-state index contributed by atoms with van der Waals surface area (Å²) in [5.74, 6) is 0.0593. The standard InChI is InChI=1S/C8H11ClN4O/c1-2-13(5-6(10)14)8-7(9)11-3-4-12-8/h3-4H,2,5H2,1H3,(H2,10,14). The monoisotopic (exact) mass is 214 g/mol. The Kier molecular flexibility index (Phi) is 3.64. The minimum atomic E-state index is -0.423. The van der Waals surface area contributed by atoms with Gasteiger partial charge in [-0.1, -0.05) is 11.6 Å². The summed E-state index contributed by atoms with van der Waals surface area (Å²) >= 11 is 5.81. The molecule has 0 aliphatic heterocycles. The number of likely N-dealkylation sites (N-methyl/N-ethyl adjacent to an activating group) is 1. The molecule has 0 aliphatic carbocycles. The maximum absolute atomic E-state index is 10.7. The summed E-state index contributed by atoms with van der Waals surface area (Å²) < 4.78 is 0. The number of hydrogen-bond donors (Lipinski definition) is 1. The minimum absolute atomic E-state index is 0.0922. The van der Waals surface area contributed by atoms with E-state index >= 15 is 0 Å². The van der Waals surface area contributed by atoms with Gasteiger partial charge in [0, 0.05) is 18.9 Å². The van der Waals surface area contributed by atoms with Gasteiger partial charge in [0.05, 0.1) is 6.54 Å². The molecule has 0 aliphatic rings.